The van der Waals surface area contributed by atoms with Gasteiger partial charge in [0.15, 0.2) is 6.10 Å². The molecule has 0 aromatic heterocycles. The molecule has 0 spiro atoms. The van der Waals surface area contributed by atoms with E-state index >= 15 is 0 Å². The molecule has 1 aliphatic heterocycles. The lowest BCUT2D eigenvalue weighted by Gasteiger charge is -2.59. The maximum atomic E-state index is 12.5. The van der Waals surface area contributed by atoms with Crippen LogP contribution in [-0.2, 0) is 33.4 Å². The van der Waals surface area contributed by atoms with E-state index in [4.69, 9.17) is 14.2 Å². The Kier molecular flexibility index (Phi) is 6.54. The highest BCUT2D eigenvalue weighted by Crippen LogP contribution is 2.62. The van der Waals surface area contributed by atoms with E-state index in [1.165, 1.54) is 13.8 Å². The van der Waals surface area contributed by atoms with Crippen LogP contribution in [0.2, 0.25) is 0 Å². The van der Waals surface area contributed by atoms with Crippen molar-refractivity contribution in [3.63, 3.8) is 0 Å². The summed E-state index contributed by atoms with van der Waals surface area (Å²) in [5.74, 6) is -2.76. The van der Waals surface area contributed by atoms with Gasteiger partial charge in [-0.15, -0.1) is 0 Å². The van der Waals surface area contributed by atoms with E-state index in [2.05, 4.69) is 13.5 Å². The average molecular weight is 449 g/mol. The van der Waals surface area contributed by atoms with Gasteiger partial charge in [0.2, 0.25) is 0 Å². The van der Waals surface area contributed by atoms with Crippen molar-refractivity contribution >= 4 is 23.9 Å². The summed E-state index contributed by atoms with van der Waals surface area (Å²) in [6.07, 6.45) is 3.19. The Morgan fingerprint density at radius 2 is 1.84 bits per heavy atom. The Bertz CT molecular complexity index is 873. The van der Waals surface area contributed by atoms with E-state index in [0.29, 0.717) is 37.7 Å². The van der Waals surface area contributed by atoms with E-state index < -0.39 is 46.9 Å². The van der Waals surface area contributed by atoms with Crippen molar-refractivity contribution < 1.29 is 38.5 Å². The van der Waals surface area contributed by atoms with Gasteiger partial charge in [0.25, 0.3) is 0 Å². The summed E-state index contributed by atoms with van der Waals surface area (Å²) in [4.78, 5) is 47.7. The number of esters is 3. The molecule has 176 valence electrons. The predicted octanol–water partition coefficient (Wildman–Crippen LogP) is 3.20. The molecule has 0 aromatic carbocycles. The number of carboxylic acids is 1. The van der Waals surface area contributed by atoms with Crippen molar-refractivity contribution in [2.75, 3.05) is 6.61 Å². The summed E-state index contributed by atoms with van der Waals surface area (Å²) in [6, 6.07) is 0. The van der Waals surface area contributed by atoms with Crippen LogP contribution in [0.1, 0.15) is 59.8 Å². The number of rotatable bonds is 5. The molecule has 8 nitrogen and oxygen atoms in total. The highest BCUT2D eigenvalue weighted by atomic mass is 16.6. The first-order valence-electron chi connectivity index (χ1n) is 11.0. The first-order valence-corrected chi connectivity index (χ1v) is 11.0. The summed E-state index contributed by atoms with van der Waals surface area (Å²) in [5, 5.41) is 10.2. The molecule has 0 aromatic rings. The number of ether oxygens (including phenoxy) is 3. The fourth-order valence-corrected chi connectivity index (χ4v) is 6.16. The lowest BCUT2D eigenvalue weighted by molar-refractivity contribution is -0.194. The fraction of sp³-hybridized carbons (Fsp3) is 0.667. The van der Waals surface area contributed by atoms with Crippen LogP contribution in [0, 0.1) is 22.7 Å². The van der Waals surface area contributed by atoms with Gasteiger partial charge in [0.1, 0.15) is 18.1 Å². The molecule has 0 bridgehead atoms. The van der Waals surface area contributed by atoms with Crippen molar-refractivity contribution in [1.82, 2.24) is 0 Å². The van der Waals surface area contributed by atoms with Gasteiger partial charge in [-0.2, -0.15) is 0 Å². The minimum atomic E-state index is -1.22. The van der Waals surface area contributed by atoms with Crippen LogP contribution >= 0.6 is 0 Å². The monoisotopic (exact) mass is 448 g/mol. The quantitative estimate of drug-likeness (QED) is 0.295. The number of carbonyl (C=O) groups is 4. The largest absolute Gasteiger partial charge is 0.481 e. The smallest absolute Gasteiger partial charge is 0.337 e. The van der Waals surface area contributed by atoms with Crippen LogP contribution in [0.5, 0.6) is 0 Å². The zero-order valence-corrected chi connectivity index (χ0v) is 19.1. The Labute approximate surface area is 188 Å². The highest BCUT2D eigenvalue weighted by Gasteiger charge is 2.62. The van der Waals surface area contributed by atoms with Crippen molar-refractivity contribution in [3.05, 3.63) is 23.8 Å². The number of carboxylic acid groups (broad SMARTS) is 1. The third kappa shape index (κ3) is 4.07. The second-order valence-corrected chi connectivity index (χ2v) is 9.62. The molecule has 32 heavy (non-hydrogen) atoms. The Morgan fingerprint density at radius 1 is 1.19 bits per heavy atom. The van der Waals surface area contributed by atoms with Crippen LogP contribution in [0.4, 0.5) is 0 Å². The van der Waals surface area contributed by atoms with Crippen molar-refractivity contribution in [2.24, 2.45) is 22.7 Å². The fourth-order valence-electron chi connectivity index (χ4n) is 6.16. The van der Waals surface area contributed by atoms with Crippen LogP contribution in [0.25, 0.3) is 0 Å². The number of carbonyl (C=O) groups excluding carboxylic acids is 3. The van der Waals surface area contributed by atoms with Gasteiger partial charge < -0.3 is 19.3 Å². The van der Waals surface area contributed by atoms with Gasteiger partial charge in [-0.1, -0.05) is 25.2 Å². The maximum absolute atomic E-state index is 12.5. The summed E-state index contributed by atoms with van der Waals surface area (Å²) < 4.78 is 15.7. The molecule has 6 atom stereocenters. The molecule has 3 aliphatic rings. The molecule has 3 rings (SSSR count). The normalized spacial score (nSPS) is 38.1. The van der Waals surface area contributed by atoms with Crippen LogP contribution in [0.3, 0.4) is 0 Å². The molecule has 1 saturated heterocycles. The van der Waals surface area contributed by atoms with Crippen LogP contribution in [0.15, 0.2) is 23.8 Å². The van der Waals surface area contributed by atoms with E-state index in [1.54, 1.807) is 13.0 Å². The highest BCUT2D eigenvalue weighted by molar-refractivity contribution is 5.92. The second kappa shape index (κ2) is 8.71. The molecule has 0 radical (unpaired) electrons. The molecule has 2 saturated carbocycles. The molecule has 1 heterocycles. The molecule has 1 N–H and O–H groups in total. The first kappa shape index (κ1) is 24.0. The van der Waals surface area contributed by atoms with Crippen molar-refractivity contribution in [2.45, 2.75) is 72.0 Å². The van der Waals surface area contributed by atoms with E-state index in [9.17, 15) is 24.3 Å². The molecule has 2 aliphatic carbocycles. The molecular formula is C24H32O8. The number of aliphatic carboxylic acids is 1. The summed E-state index contributed by atoms with van der Waals surface area (Å²) >= 11 is 0. The molecule has 0 amide bonds. The Balaban J connectivity index is 1.92. The lowest BCUT2D eigenvalue weighted by atomic mass is 9.46. The average Bonchev–Trinajstić information content (AvgIpc) is 3.02. The van der Waals surface area contributed by atoms with E-state index in [-0.39, 0.29) is 18.4 Å². The van der Waals surface area contributed by atoms with Gasteiger partial charge in [-0.05, 0) is 56.3 Å². The molecule has 0 unspecified atom stereocenters. The van der Waals surface area contributed by atoms with Gasteiger partial charge in [0.05, 0.1) is 5.57 Å². The zero-order valence-electron chi connectivity index (χ0n) is 19.1. The van der Waals surface area contributed by atoms with Crippen molar-refractivity contribution in [1.29, 1.82) is 0 Å². The molecule has 8 heteroatoms. The SMILES string of the molecule is C=C1CC[C@H]2[C@@](C)(CC[C@@H](OC(C)=O)[C@@]2(C)C(=O)O)[C@@H]1C/C=C1/C(=O)OC[C@H]1OC(C)=O. The summed E-state index contributed by atoms with van der Waals surface area (Å²) in [6.45, 7) is 10.6. The Hall–Kier alpha value is -2.64. The molecular weight excluding hydrogens is 416 g/mol. The number of hydrogen-bond donors (Lipinski definition) is 1. The predicted molar refractivity (Wildman–Crippen MR) is 113 cm³/mol. The third-order valence-electron chi connectivity index (χ3n) is 7.78. The van der Waals surface area contributed by atoms with Gasteiger partial charge in [0, 0.05) is 13.8 Å². The summed E-state index contributed by atoms with van der Waals surface area (Å²) in [7, 11) is 0. The third-order valence-corrected chi connectivity index (χ3v) is 7.78. The maximum Gasteiger partial charge on any atom is 0.337 e. The Morgan fingerprint density at radius 3 is 2.44 bits per heavy atom. The van der Waals surface area contributed by atoms with Crippen molar-refractivity contribution in [3.8, 4) is 0 Å². The standard InChI is InChI=1S/C24H32O8/c1-13-6-9-19-23(4,11-10-20(32-15(3)26)24(19,5)22(28)29)17(13)8-7-16-18(31-14(2)25)12-30-21(16)27/h7,17-20H,1,6,8-12H2,2-5H3,(H,28,29)/b16-7+/t17-,18-,19+,20-,23+,24+/m1/s1. The topological polar surface area (TPSA) is 116 Å². The first-order chi connectivity index (χ1) is 14.9. The number of cyclic esters (lactones) is 1. The van der Waals surface area contributed by atoms with Gasteiger partial charge in [-0.3, -0.25) is 14.4 Å². The molecule has 3 fully saturated rings. The minimum absolute atomic E-state index is 0.00307. The van der Waals surface area contributed by atoms with Gasteiger partial charge in [-0.25, -0.2) is 4.79 Å². The van der Waals surface area contributed by atoms with E-state index in [0.717, 1.165) is 5.57 Å². The number of allylic oxidation sites excluding steroid dienone is 2. The number of fused-ring (bicyclic) bond motifs is 1. The summed E-state index contributed by atoms with van der Waals surface area (Å²) in [5.41, 5.74) is -0.310. The number of hydrogen-bond acceptors (Lipinski definition) is 7. The lowest BCUT2D eigenvalue weighted by Crippen LogP contribution is -2.60. The van der Waals surface area contributed by atoms with Crippen LogP contribution in [-0.4, -0.2) is 47.8 Å². The van der Waals surface area contributed by atoms with E-state index in [1.807, 2.05) is 0 Å². The minimum Gasteiger partial charge on any atom is -0.481 e. The zero-order chi connectivity index (χ0) is 23.8. The second-order valence-electron chi connectivity index (χ2n) is 9.62. The van der Waals surface area contributed by atoms with Crippen LogP contribution < -0.4 is 0 Å². The van der Waals surface area contributed by atoms with Gasteiger partial charge >= 0.3 is 23.9 Å².